The van der Waals surface area contributed by atoms with Crippen LogP contribution in [-0.4, -0.2) is 45.6 Å². The fourth-order valence-electron chi connectivity index (χ4n) is 3.68. The molecule has 1 aromatic heterocycles. The molecular weight excluding hydrogens is 380 g/mol. The van der Waals surface area contributed by atoms with Crippen LogP contribution in [0.4, 0.5) is 10.5 Å². The summed E-state index contributed by atoms with van der Waals surface area (Å²) in [5.41, 5.74) is 2.40. The quantitative estimate of drug-likeness (QED) is 0.796. The minimum atomic E-state index is -0.682. The molecule has 2 amide bonds. The van der Waals surface area contributed by atoms with Gasteiger partial charge in [0.25, 0.3) is 0 Å². The molecule has 7 nitrogen and oxygen atoms in total. The number of aryl methyl sites for hydroxylation is 1. The van der Waals surface area contributed by atoms with Gasteiger partial charge in [-0.05, 0) is 45.7 Å². The molecule has 0 fully saturated rings. The van der Waals surface area contributed by atoms with Crippen molar-refractivity contribution in [2.75, 3.05) is 11.9 Å². The summed E-state index contributed by atoms with van der Waals surface area (Å²) in [5.74, 6) is 0.613. The summed E-state index contributed by atoms with van der Waals surface area (Å²) in [6.45, 7) is 9.28. The van der Waals surface area contributed by atoms with Crippen LogP contribution in [0, 0.1) is 0 Å². The van der Waals surface area contributed by atoms with E-state index in [0.717, 1.165) is 35.6 Å². The molecule has 1 N–H and O–H groups in total. The van der Waals surface area contributed by atoms with Crippen LogP contribution in [0.25, 0.3) is 0 Å². The van der Waals surface area contributed by atoms with E-state index in [1.807, 2.05) is 51.2 Å². The van der Waals surface area contributed by atoms with E-state index in [1.54, 1.807) is 18.9 Å². The zero-order valence-corrected chi connectivity index (χ0v) is 18.7. The third-order valence-electron chi connectivity index (χ3n) is 5.32. The van der Waals surface area contributed by atoms with Crippen molar-refractivity contribution in [1.82, 2.24) is 14.9 Å². The first kappa shape index (κ1) is 21.9. The normalized spacial score (nSPS) is 16.9. The van der Waals surface area contributed by atoms with Crippen molar-refractivity contribution in [2.45, 2.75) is 71.6 Å². The minimum absolute atomic E-state index is 0.160. The average Bonchev–Trinajstić information content (AvgIpc) is 3.29. The van der Waals surface area contributed by atoms with Crippen molar-refractivity contribution in [1.29, 1.82) is 0 Å². The fraction of sp³-hybridized carbons (Fsp3) is 0.522. The first-order chi connectivity index (χ1) is 14.1. The number of nitrogens with one attached hydrogen (secondary N) is 1. The molecular formula is C23H32N4O3. The second-order valence-electron chi connectivity index (χ2n) is 8.87. The van der Waals surface area contributed by atoms with Crippen molar-refractivity contribution in [3.05, 3.63) is 47.5 Å². The Labute approximate surface area is 178 Å². The molecule has 0 bridgehead atoms. The number of ether oxygens (including phenoxy) is 1. The first-order valence-corrected chi connectivity index (χ1v) is 10.5. The molecule has 2 aromatic rings. The van der Waals surface area contributed by atoms with Crippen LogP contribution < -0.4 is 4.90 Å². The number of imidazole rings is 1. The van der Waals surface area contributed by atoms with E-state index >= 15 is 0 Å². The van der Waals surface area contributed by atoms with E-state index < -0.39 is 17.7 Å². The van der Waals surface area contributed by atoms with Crippen molar-refractivity contribution in [3.63, 3.8) is 0 Å². The predicted molar refractivity (Wildman–Crippen MR) is 116 cm³/mol. The monoisotopic (exact) mass is 412 g/mol. The number of carbonyl (C=O) groups is 2. The van der Waals surface area contributed by atoms with Crippen LogP contribution in [0.2, 0.25) is 0 Å². The van der Waals surface area contributed by atoms with Gasteiger partial charge in [-0.15, -0.1) is 0 Å². The van der Waals surface area contributed by atoms with E-state index in [2.05, 4.69) is 16.9 Å². The highest BCUT2D eigenvalue weighted by Crippen LogP contribution is 2.40. The number of nitrogens with zero attached hydrogens (tertiary/aromatic N) is 3. The highest BCUT2D eigenvalue weighted by Gasteiger charge is 2.40. The Morgan fingerprint density at radius 2 is 2.03 bits per heavy atom. The molecule has 7 heteroatoms. The lowest BCUT2D eigenvalue weighted by molar-refractivity contribution is -0.123. The summed E-state index contributed by atoms with van der Waals surface area (Å²) in [5, 5.41) is 0. The number of para-hydroxylation sites is 1. The Balaban J connectivity index is 1.88. The largest absolute Gasteiger partial charge is 0.444 e. The number of amides is 2. The molecule has 30 heavy (non-hydrogen) atoms. The van der Waals surface area contributed by atoms with Crippen LogP contribution in [0.5, 0.6) is 0 Å². The Morgan fingerprint density at radius 1 is 1.33 bits per heavy atom. The van der Waals surface area contributed by atoms with Crippen LogP contribution in [0.1, 0.15) is 64.2 Å². The molecule has 0 spiro atoms. The SMILES string of the molecule is CCCc1cnc(C2Cc3ccccc3N2C(=O)C(C)N(C)C(=O)OC(C)(C)C)[nH]1. The summed E-state index contributed by atoms with van der Waals surface area (Å²) < 4.78 is 5.44. The highest BCUT2D eigenvalue weighted by atomic mass is 16.6. The fourth-order valence-corrected chi connectivity index (χ4v) is 3.68. The summed E-state index contributed by atoms with van der Waals surface area (Å²) in [4.78, 5) is 37.2. The molecule has 2 heterocycles. The van der Waals surface area contributed by atoms with E-state index in [-0.39, 0.29) is 11.9 Å². The van der Waals surface area contributed by atoms with Gasteiger partial charge in [0.15, 0.2) is 0 Å². The molecule has 1 aromatic carbocycles. The second-order valence-corrected chi connectivity index (χ2v) is 8.87. The summed E-state index contributed by atoms with van der Waals surface area (Å²) in [6.07, 6.45) is 3.95. The third-order valence-corrected chi connectivity index (χ3v) is 5.32. The van der Waals surface area contributed by atoms with Gasteiger partial charge >= 0.3 is 6.09 Å². The zero-order chi connectivity index (χ0) is 22.1. The van der Waals surface area contributed by atoms with Gasteiger partial charge in [-0.3, -0.25) is 14.6 Å². The van der Waals surface area contributed by atoms with Gasteiger partial charge in [-0.2, -0.15) is 0 Å². The maximum atomic E-state index is 13.6. The summed E-state index contributed by atoms with van der Waals surface area (Å²) in [6, 6.07) is 6.98. The molecule has 2 unspecified atom stereocenters. The molecule has 0 aliphatic carbocycles. The number of H-pyrrole nitrogens is 1. The number of carbonyl (C=O) groups excluding carboxylic acids is 2. The van der Waals surface area contributed by atoms with Gasteiger partial charge in [0.1, 0.15) is 17.5 Å². The number of likely N-dealkylation sites (N-methyl/N-ethyl adjacent to an activating group) is 1. The number of fused-ring (bicyclic) bond motifs is 1. The number of aromatic nitrogens is 2. The second kappa shape index (κ2) is 8.50. The molecule has 1 aliphatic rings. The van der Waals surface area contributed by atoms with Crippen molar-refractivity contribution in [2.24, 2.45) is 0 Å². The van der Waals surface area contributed by atoms with Gasteiger partial charge in [-0.25, -0.2) is 9.78 Å². The van der Waals surface area contributed by atoms with E-state index in [9.17, 15) is 9.59 Å². The topological polar surface area (TPSA) is 78.5 Å². The predicted octanol–water partition coefficient (Wildman–Crippen LogP) is 4.25. The van der Waals surface area contributed by atoms with E-state index in [0.29, 0.717) is 6.42 Å². The molecule has 162 valence electrons. The third kappa shape index (κ3) is 4.50. The van der Waals surface area contributed by atoms with Gasteiger partial charge in [0, 0.05) is 31.0 Å². The maximum absolute atomic E-state index is 13.6. The molecule has 2 atom stereocenters. The molecule has 0 saturated heterocycles. The standard InChI is InChI=1S/C23H32N4O3/c1-7-10-17-14-24-20(25-17)19-13-16-11-8-9-12-18(16)27(19)21(28)15(2)26(6)22(29)30-23(3,4)5/h8-9,11-12,14-15,19H,7,10,13H2,1-6H3,(H,24,25). The molecule has 1 aliphatic heterocycles. The number of hydrogen-bond donors (Lipinski definition) is 1. The van der Waals surface area contributed by atoms with Crippen LogP contribution in [-0.2, 0) is 22.4 Å². The maximum Gasteiger partial charge on any atom is 0.410 e. The van der Waals surface area contributed by atoms with Crippen LogP contribution in [0.15, 0.2) is 30.5 Å². The number of anilines is 1. The Bertz CT molecular complexity index is 915. The Kier molecular flexibility index (Phi) is 6.19. The lowest BCUT2D eigenvalue weighted by atomic mass is 10.1. The first-order valence-electron chi connectivity index (χ1n) is 10.5. The molecule has 3 rings (SSSR count). The Morgan fingerprint density at radius 3 is 2.70 bits per heavy atom. The van der Waals surface area contributed by atoms with Gasteiger partial charge in [-0.1, -0.05) is 31.5 Å². The van der Waals surface area contributed by atoms with Crippen molar-refractivity contribution in [3.8, 4) is 0 Å². The minimum Gasteiger partial charge on any atom is -0.444 e. The van der Waals surface area contributed by atoms with E-state index in [4.69, 9.17) is 4.74 Å². The number of hydrogen-bond acceptors (Lipinski definition) is 4. The number of aromatic amines is 1. The lowest BCUT2D eigenvalue weighted by Gasteiger charge is -2.32. The smallest absolute Gasteiger partial charge is 0.410 e. The van der Waals surface area contributed by atoms with Gasteiger partial charge in [0.2, 0.25) is 5.91 Å². The van der Waals surface area contributed by atoms with Crippen LogP contribution in [0.3, 0.4) is 0 Å². The number of benzene rings is 1. The molecule has 0 radical (unpaired) electrons. The summed E-state index contributed by atoms with van der Waals surface area (Å²) >= 11 is 0. The van der Waals surface area contributed by atoms with Gasteiger partial charge < -0.3 is 9.72 Å². The van der Waals surface area contributed by atoms with Crippen molar-refractivity contribution >= 4 is 17.7 Å². The summed E-state index contributed by atoms with van der Waals surface area (Å²) in [7, 11) is 1.60. The number of rotatable bonds is 5. The van der Waals surface area contributed by atoms with E-state index in [1.165, 1.54) is 4.90 Å². The van der Waals surface area contributed by atoms with Crippen LogP contribution >= 0.6 is 0 Å². The lowest BCUT2D eigenvalue weighted by Crippen LogP contribution is -2.49. The van der Waals surface area contributed by atoms with Crippen molar-refractivity contribution < 1.29 is 14.3 Å². The molecule has 0 saturated carbocycles. The Hall–Kier alpha value is -2.83. The average molecular weight is 413 g/mol. The zero-order valence-electron chi connectivity index (χ0n) is 18.7. The highest BCUT2D eigenvalue weighted by molar-refractivity contribution is 6.00. The van der Waals surface area contributed by atoms with Gasteiger partial charge in [0.05, 0.1) is 6.04 Å².